The van der Waals surface area contributed by atoms with Gasteiger partial charge in [0.1, 0.15) is 0 Å². The van der Waals surface area contributed by atoms with Crippen molar-refractivity contribution in [1.82, 2.24) is 5.32 Å². The second kappa shape index (κ2) is 5.11. The summed E-state index contributed by atoms with van der Waals surface area (Å²) in [6.45, 7) is 0. The first-order chi connectivity index (χ1) is 8.88. The molecule has 0 heterocycles. The number of halogens is 3. The van der Waals surface area contributed by atoms with Crippen molar-refractivity contribution in [2.45, 2.75) is 37.9 Å². The van der Waals surface area contributed by atoms with Gasteiger partial charge < -0.3 is 11.1 Å². The Labute approximate surface area is 109 Å². The number of alkyl halides is 3. The quantitative estimate of drug-likeness (QED) is 0.813. The summed E-state index contributed by atoms with van der Waals surface area (Å²) >= 11 is 0. The summed E-state index contributed by atoms with van der Waals surface area (Å²) in [6, 6.07) is 3.04. The number of carbonyl (C=O) groups excluding carboxylic acids is 1. The Balaban J connectivity index is 2.26. The van der Waals surface area contributed by atoms with Gasteiger partial charge in [0.25, 0.3) is 5.91 Å². The Bertz CT molecular complexity index is 479. The van der Waals surface area contributed by atoms with Crippen LogP contribution in [0.5, 0.6) is 0 Å². The van der Waals surface area contributed by atoms with Gasteiger partial charge in [-0.1, -0.05) is 12.8 Å². The number of nitrogen functional groups attached to an aromatic ring is 1. The zero-order chi connectivity index (χ0) is 14.0. The van der Waals surface area contributed by atoms with Crippen molar-refractivity contribution in [3.05, 3.63) is 29.3 Å². The number of benzene rings is 1. The van der Waals surface area contributed by atoms with E-state index in [9.17, 15) is 18.0 Å². The Morgan fingerprint density at radius 1 is 1.26 bits per heavy atom. The van der Waals surface area contributed by atoms with Gasteiger partial charge in [0.2, 0.25) is 0 Å². The maximum absolute atomic E-state index is 12.8. The first-order valence-electron chi connectivity index (χ1n) is 6.15. The van der Waals surface area contributed by atoms with Gasteiger partial charge >= 0.3 is 6.18 Å². The maximum atomic E-state index is 12.8. The highest BCUT2D eigenvalue weighted by Gasteiger charge is 2.35. The highest BCUT2D eigenvalue weighted by Crippen LogP contribution is 2.33. The monoisotopic (exact) mass is 272 g/mol. The van der Waals surface area contributed by atoms with E-state index in [-0.39, 0.29) is 11.7 Å². The molecule has 0 unspecified atom stereocenters. The van der Waals surface area contributed by atoms with E-state index in [4.69, 9.17) is 5.73 Å². The van der Waals surface area contributed by atoms with E-state index in [1.165, 1.54) is 0 Å². The molecule has 0 radical (unpaired) electrons. The summed E-state index contributed by atoms with van der Waals surface area (Å²) in [5.41, 5.74) is 4.26. The lowest BCUT2D eigenvalue weighted by molar-refractivity contribution is -0.137. The second-order valence-corrected chi connectivity index (χ2v) is 4.76. The number of nitrogens with one attached hydrogen (secondary N) is 1. The van der Waals surface area contributed by atoms with Crippen molar-refractivity contribution >= 4 is 11.6 Å². The molecule has 0 atom stereocenters. The fourth-order valence-corrected chi connectivity index (χ4v) is 2.33. The molecular formula is C13H15F3N2O. The number of hydrogen-bond donors (Lipinski definition) is 2. The second-order valence-electron chi connectivity index (χ2n) is 4.76. The predicted octanol–water partition coefficient (Wildman–Crippen LogP) is 2.96. The van der Waals surface area contributed by atoms with Gasteiger partial charge in [-0.05, 0) is 31.0 Å². The molecule has 0 aliphatic heterocycles. The molecule has 0 spiro atoms. The average molecular weight is 272 g/mol. The minimum atomic E-state index is -4.56. The van der Waals surface area contributed by atoms with Crippen LogP contribution in [-0.4, -0.2) is 11.9 Å². The molecule has 1 aliphatic carbocycles. The summed E-state index contributed by atoms with van der Waals surface area (Å²) in [4.78, 5) is 12.0. The lowest BCUT2D eigenvalue weighted by atomic mass is 10.0. The normalized spacial score (nSPS) is 16.6. The van der Waals surface area contributed by atoms with Crippen molar-refractivity contribution in [2.75, 3.05) is 5.73 Å². The van der Waals surface area contributed by atoms with E-state index in [1.807, 2.05) is 0 Å². The average Bonchev–Trinajstić information content (AvgIpc) is 2.80. The van der Waals surface area contributed by atoms with Crippen LogP contribution in [-0.2, 0) is 6.18 Å². The minimum Gasteiger partial charge on any atom is -0.399 e. The molecule has 1 aliphatic rings. The number of amides is 1. The Morgan fingerprint density at radius 3 is 2.47 bits per heavy atom. The van der Waals surface area contributed by atoms with Crippen LogP contribution in [0.15, 0.2) is 18.2 Å². The highest BCUT2D eigenvalue weighted by atomic mass is 19.4. The Morgan fingerprint density at radius 2 is 1.89 bits per heavy atom. The molecule has 0 aromatic heterocycles. The molecule has 1 saturated carbocycles. The van der Waals surface area contributed by atoms with E-state index >= 15 is 0 Å². The van der Waals surface area contributed by atoms with Crippen molar-refractivity contribution in [1.29, 1.82) is 0 Å². The molecule has 1 aromatic carbocycles. The third-order valence-electron chi connectivity index (χ3n) is 3.28. The summed E-state index contributed by atoms with van der Waals surface area (Å²) < 4.78 is 38.5. The number of rotatable bonds is 2. The molecule has 2 rings (SSSR count). The smallest absolute Gasteiger partial charge is 0.399 e. The largest absolute Gasteiger partial charge is 0.417 e. The van der Waals surface area contributed by atoms with Crippen molar-refractivity contribution in [3.8, 4) is 0 Å². The molecule has 3 nitrogen and oxygen atoms in total. The molecule has 19 heavy (non-hydrogen) atoms. The maximum Gasteiger partial charge on any atom is 0.417 e. The third kappa shape index (κ3) is 3.19. The molecule has 0 saturated heterocycles. The van der Waals surface area contributed by atoms with E-state index in [0.29, 0.717) is 0 Å². The summed E-state index contributed by atoms with van der Waals surface area (Å²) in [5, 5.41) is 2.64. The number of hydrogen-bond acceptors (Lipinski definition) is 2. The van der Waals surface area contributed by atoms with Gasteiger partial charge in [-0.2, -0.15) is 13.2 Å². The fourth-order valence-electron chi connectivity index (χ4n) is 2.33. The van der Waals surface area contributed by atoms with E-state index in [1.54, 1.807) is 0 Å². The van der Waals surface area contributed by atoms with Crippen LogP contribution in [0.4, 0.5) is 18.9 Å². The highest BCUT2D eigenvalue weighted by molar-refractivity contribution is 5.97. The first kappa shape index (κ1) is 13.7. The van der Waals surface area contributed by atoms with Gasteiger partial charge in [0.05, 0.1) is 11.1 Å². The molecule has 104 valence electrons. The number of anilines is 1. The predicted molar refractivity (Wildman–Crippen MR) is 65.6 cm³/mol. The minimum absolute atomic E-state index is 0.0324. The van der Waals surface area contributed by atoms with Gasteiger partial charge in [0, 0.05) is 11.7 Å². The SMILES string of the molecule is Nc1ccc(C(F)(F)F)c(C(=O)NC2CCCC2)c1. The van der Waals surface area contributed by atoms with Gasteiger partial charge in [-0.25, -0.2) is 0 Å². The molecule has 1 amide bonds. The fraction of sp³-hybridized carbons (Fsp3) is 0.462. The van der Waals surface area contributed by atoms with Gasteiger partial charge in [-0.15, -0.1) is 0 Å². The van der Waals surface area contributed by atoms with E-state index < -0.39 is 23.2 Å². The van der Waals surface area contributed by atoms with Crippen LogP contribution in [0.3, 0.4) is 0 Å². The van der Waals surface area contributed by atoms with E-state index in [0.717, 1.165) is 43.9 Å². The zero-order valence-corrected chi connectivity index (χ0v) is 10.3. The topological polar surface area (TPSA) is 55.1 Å². The van der Waals surface area contributed by atoms with Gasteiger partial charge in [0.15, 0.2) is 0 Å². The summed E-state index contributed by atoms with van der Waals surface area (Å²) in [7, 11) is 0. The van der Waals surface area contributed by atoms with Gasteiger partial charge in [-0.3, -0.25) is 4.79 Å². The third-order valence-corrected chi connectivity index (χ3v) is 3.28. The van der Waals surface area contributed by atoms with Crippen LogP contribution in [0, 0.1) is 0 Å². The van der Waals surface area contributed by atoms with Crippen LogP contribution >= 0.6 is 0 Å². The lowest BCUT2D eigenvalue weighted by Crippen LogP contribution is -2.34. The van der Waals surface area contributed by atoms with E-state index in [2.05, 4.69) is 5.32 Å². The zero-order valence-electron chi connectivity index (χ0n) is 10.3. The number of nitrogens with two attached hydrogens (primary N) is 1. The van der Waals surface area contributed by atoms with Crippen molar-refractivity contribution in [3.63, 3.8) is 0 Å². The van der Waals surface area contributed by atoms with Crippen LogP contribution in [0.1, 0.15) is 41.6 Å². The molecule has 0 bridgehead atoms. The van der Waals surface area contributed by atoms with Crippen LogP contribution in [0.25, 0.3) is 0 Å². The Kier molecular flexibility index (Phi) is 3.68. The van der Waals surface area contributed by atoms with Crippen molar-refractivity contribution < 1.29 is 18.0 Å². The lowest BCUT2D eigenvalue weighted by Gasteiger charge is -2.16. The summed E-state index contributed by atoms with van der Waals surface area (Å²) in [6.07, 6.45) is -0.942. The van der Waals surface area contributed by atoms with Crippen LogP contribution < -0.4 is 11.1 Å². The standard InChI is InChI=1S/C13H15F3N2O/c14-13(15,16)11-6-5-8(17)7-10(11)12(19)18-9-3-1-2-4-9/h5-7,9H,1-4,17H2,(H,18,19). The molecule has 3 N–H and O–H groups in total. The van der Waals surface area contributed by atoms with Crippen molar-refractivity contribution in [2.24, 2.45) is 0 Å². The first-order valence-corrected chi connectivity index (χ1v) is 6.15. The molecule has 1 aromatic rings. The molecular weight excluding hydrogens is 257 g/mol. The molecule has 1 fully saturated rings. The number of carbonyl (C=O) groups is 1. The summed E-state index contributed by atoms with van der Waals surface area (Å²) in [5.74, 6) is -0.702. The van der Waals surface area contributed by atoms with Crippen LogP contribution in [0.2, 0.25) is 0 Å². The Hall–Kier alpha value is -1.72. The molecule has 6 heteroatoms.